The molecule has 1 aromatic carbocycles. The van der Waals surface area contributed by atoms with Crippen LogP contribution in [0.2, 0.25) is 0 Å². The van der Waals surface area contributed by atoms with Gasteiger partial charge in [0.05, 0.1) is 18.3 Å². The van der Waals surface area contributed by atoms with Crippen molar-refractivity contribution in [3.05, 3.63) is 78.4 Å². The SMILES string of the molecule is O=C(c1cnc(-c2ccccc2)nc1)N1CCC[C@@H](OCc2cccnc2)C1. The Morgan fingerprint density at radius 3 is 2.64 bits per heavy atom. The molecule has 3 aromatic rings. The van der Waals surface area contributed by atoms with Crippen LogP contribution < -0.4 is 0 Å². The van der Waals surface area contributed by atoms with Crippen molar-refractivity contribution >= 4 is 5.91 Å². The van der Waals surface area contributed by atoms with Crippen LogP contribution in [0, 0.1) is 0 Å². The minimum Gasteiger partial charge on any atom is -0.372 e. The van der Waals surface area contributed by atoms with Crippen LogP contribution in [0.4, 0.5) is 0 Å². The molecule has 0 unspecified atom stereocenters. The fourth-order valence-electron chi connectivity index (χ4n) is 3.31. The van der Waals surface area contributed by atoms with Crippen molar-refractivity contribution in [2.75, 3.05) is 13.1 Å². The fraction of sp³-hybridized carbons (Fsp3) is 0.273. The number of rotatable bonds is 5. The zero-order chi connectivity index (χ0) is 19.2. The van der Waals surface area contributed by atoms with Gasteiger partial charge in [-0.15, -0.1) is 0 Å². The Hall–Kier alpha value is -3.12. The average molecular weight is 374 g/mol. The Bertz CT molecular complexity index is 901. The number of likely N-dealkylation sites (tertiary alicyclic amines) is 1. The van der Waals surface area contributed by atoms with Gasteiger partial charge in [0.15, 0.2) is 5.82 Å². The molecule has 4 rings (SSSR count). The van der Waals surface area contributed by atoms with E-state index in [2.05, 4.69) is 15.0 Å². The molecule has 28 heavy (non-hydrogen) atoms. The summed E-state index contributed by atoms with van der Waals surface area (Å²) in [4.78, 5) is 27.5. The molecule has 0 radical (unpaired) electrons. The molecular formula is C22H22N4O2. The molecule has 3 heterocycles. The molecule has 1 atom stereocenters. The Morgan fingerprint density at radius 2 is 1.89 bits per heavy atom. The topological polar surface area (TPSA) is 68.2 Å². The van der Waals surface area contributed by atoms with E-state index in [4.69, 9.17) is 4.74 Å². The van der Waals surface area contributed by atoms with Crippen LogP contribution in [0.5, 0.6) is 0 Å². The third kappa shape index (κ3) is 4.40. The maximum Gasteiger partial charge on any atom is 0.257 e. The van der Waals surface area contributed by atoms with Crippen LogP contribution in [-0.4, -0.2) is 45.0 Å². The van der Waals surface area contributed by atoms with Gasteiger partial charge in [-0.25, -0.2) is 9.97 Å². The number of amides is 1. The number of piperidine rings is 1. The molecule has 0 saturated carbocycles. The van der Waals surface area contributed by atoms with Crippen LogP contribution in [0.1, 0.15) is 28.8 Å². The van der Waals surface area contributed by atoms with Gasteiger partial charge in [-0.2, -0.15) is 0 Å². The third-order valence-electron chi connectivity index (χ3n) is 4.80. The predicted molar refractivity (Wildman–Crippen MR) is 105 cm³/mol. The van der Waals surface area contributed by atoms with Gasteiger partial charge in [0.1, 0.15) is 0 Å². The normalized spacial score (nSPS) is 16.7. The van der Waals surface area contributed by atoms with Gasteiger partial charge in [-0.1, -0.05) is 36.4 Å². The van der Waals surface area contributed by atoms with Crippen LogP contribution >= 0.6 is 0 Å². The highest BCUT2D eigenvalue weighted by Crippen LogP contribution is 2.18. The second kappa shape index (κ2) is 8.71. The maximum atomic E-state index is 12.8. The first-order valence-electron chi connectivity index (χ1n) is 9.47. The van der Waals surface area contributed by atoms with E-state index in [1.165, 1.54) is 0 Å². The van der Waals surface area contributed by atoms with E-state index >= 15 is 0 Å². The quantitative estimate of drug-likeness (QED) is 0.685. The van der Waals surface area contributed by atoms with Crippen LogP contribution in [0.15, 0.2) is 67.3 Å². The Labute approximate surface area is 164 Å². The second-order valence-electron chi connectivity index (χ2n) is 6.85. The van der Waals surface area contributed by atoms with Crippen molar-refractivity contribution in [3.8, 4) is 11.4 Å². The summed E-state index contributed by atoms with van der Waals surface area (Å²) >= 11 is 0. The lowest BCUT2D eigenvalue weighted by molar-refractivity contribution is -0.00683. The molecule has 0 bridgehead atoms. The number of pyridine rings is 1. The number of carbonyl (C=O) groups is 1. The van der Waals surface area contributed by atoms with E-state index in [-0.39, 0.29) is 12.0 Å². The van der Waals surface area contributed by atoms with E-state index in [1.54, 1.807) is 24.8 Å². The smallest absolute Gasteiger partial charge is 0.257 e. The highest BCUT2D eigenvalue weighted by molar-refractivity contribution is 5.93. The van der Waals surface area contributed by atoms with E-state index < -0.39 is 0 Å². The van der Waals surface area contributed by atoms with Crippen molar-refractivity contribution < 1.29 is 9.53 Å². The summed E-state index contributed by atoms with van der Waals surface area (Å²) in [5.41, 5.74) is 2.48. The number of nitrogens with zero attached hydrogens (tertiary/aromatic N) is 4. The molecule has 1 amide bonds. The highest BCUT2D eigenvalue weighted by atomic mass is 16.5. The predicted octanol–water partition coefficient (Wildman–Crippen LogP) is 3.36. The molecule has 6 heteroatoms. The van der Waals surface area contributed by atoms with Crippen LogP contribution in [-0.2, 0) is 11.3 Å². The Morgan fingerprint density at radius 1 is 1.07 bits per heavy atom. The van der Waals surface area contributed by atoms with Crippen molar-refractivity contribution in [2.45, 2.75) is 25.6 Å². The average Bonchev–Trinajstić information content (AvgIpc) is 2.79. The molecule has 142 valence electrons. The van der Waals surface area contributed by atoms with Crippen molar-refractivity contribution in [1.82, 2.24) is 19.9 Å². The standard InChI is InChI=1S/C22H22N4O2/c27-22(19-13-24-21(25-14-19)18-7-2-1-3-8-18)26-11-5-9-20(15-26)28-16-17-6-4-10-23-12-17/h1-4,6-8,10,12-14,20H,5,9,11,15-16H2/t20-/m1/s1. The van der Waals surface area contributed by atoms with Gasteiger partial charge >= 0.3 is 0 Å². The molecule has 1 saturated heterocycles. The summed E-state index contributed by atoms with van der Waals surface area (Å²) in [7, 11) is 0. The monoisotopic (exact) mass is 374 g/mol. The summed E-state index contributed by atoms with van der Waals surface area (Å²) in [5.74, 6) is 0.572. The number of hydrogen-bond acceptors (Lipinski definition) is 5. The van der Waals surface area contributed by atoms with Gasteiger partial charge in [-0.05, 0) is 24.5 Å². The van der Waals surface area contributed by atoms with Gasteiger partial charge in [-0.3, -0.25) is 9.78 Å². The van der Waals surface area contributed by atoms with Gasteiger partial charge in [0, 0.05) is 43.4 Å². The number of ether oxygens (including phenoxy) is 1. The van der Waals surface area contributed by atoms with E-state index in [9.17, 15) is 4.79 Å². The second-order valence-corrected chi connectivity index (χ2v) is 6.85. The summed E-state index contributed by atoms with van der Waals surface area (Å²) in [6.45, 7) is 1.82. The Balaban J connectivity index is 1.37. The Kier molecular flexibility index (Phi) is 5.68. The fourth-order valence-corrected chi connectivity index (χ4v) is 3.31. The molecule has 1 fully saturated rings. The number of benzene rings is 1. The molecule has 2 aromatic heterocycles. The van der Waals surface area contributed by atoms with Gasteiger partial charge in [0.25, 0.3) is 5.91 Å². The van der Waals surface area contributed by atoms with Gasteiger partial charge in [0.2, 0.25) is 0 Å². The molecule has 0 spiro atoms. The lowest BCUT2D eigenvalue weighted by Crippen LogP contribution is -2.43. The first-order chi connectivity index (χ1) is 13.8. The zero-order valence-electron chi connectivity index (χ0n) is 15.6. The molecule has 0 N–H and O–H groups in total. The van der Waals surface area contributed by atoms with Crippen molar-refractivity contribution in [3.63, 3.8) is 0 Å². The zero-order valence-corrected chi connectivity index (χ0v) is 15.6. The minimum absolute atomic E-state index is 0.0300. The summed E-state index contributed by atoms with van der Waals surface area (Å²) in [6, 6.07) is 13.6. The summed E-state index contributed by atoms with van der Waals surface area (Å²) in [5, 5.41) is 0. The summed E-state index contributed by atoms with van der Waals surface area (Å²) < 4.78 is 6.00. The first-order valence-corrected chi connectivity index (χ1v) is 9.47. The molecule has 1 aliphatic rings. The van der Waals surface area contributed by atoms with Crippen LogP contribution in [0.3, 0.4) is 0 Å². The lowest BCUT2D eigenvalue weighted by Gasteiger charge is -2.32. The maximum absolute atomic E-state index is 12.8. The largest absolute Gasteiger partial charge is 0.372 e. The molecule has 1 aliphatic heterocycles. The number of hydrogen-bond donors (Lipinski definition) is 0. The van der Waals surface area contributed by atoms with Crippen molar-refractivity contribution in [1.29, 1.82) is 0 Å². The highest BCUT2D eigenvalue weighted by Gasteiger charge is 2.25. The van der Waals surface area contributed by atoms with Crippen LogP contribution in [0.25, 0.3) is 11.4 Å². The van der Waals surface area contributed by atoms with E-state index in [0.29, 0.717) is 24.5 Å². The van der Waals surface area contributed by atoms with E-state index in [1.807, 2.05) is 47.4 Å². The van der Waals surface area contributed by atoms with E-state index in [0.717, 1.165) is 30.5 Å². The van der Waals surface area contributed by atoms with Crippen molar-refractivity contribution in [2.24, 2.45) is 0 Å². The molecular weight excluding hydrogens is 352 g/mol. The minimum atomic E-state index is -0.0470. The number of carbonyl (C=O) groups excluding carboxylic acids is 1. The first kappa shape index (κ1) is 18.3. The number of aromatic nitrogens is 3. The molecule has 0 aliphatic carbocycles. The summed E-state index contributed by atoms with van der Waals surface area (Å²) in [6.07, 6.45) is 8.67. The lowest BCUT2D eigenvalue weighted by atomic mass is 10.1. The molecule has 6 nitrogen and oxygen atoms in total. The third-order valence-corrected chi connectivity index (χ3v) is 4.80. The van der Waals surface area contributed by atoms with Gasteiger partial charge < -0.3 is 9.64 Å².